The molecule has 0 saturated carbocycles. The summed E-state index contributed by atoms with van der Waals surface area (Å²) < 4.78 is 55.9. The van der Waals surface area contributed by atoms with Crippen molar-refractivity contribution in [1.29, 1.82) is 0 Å². The molecule has 2 aliphatic rings. The van der Waals surface area contributed by atoms with E-state index in [1.165, 1.54) is 18.2 Å². The first-order valence-corrected chi connectivity index (χ1v) is 8.05. The van der Waals surface area contributed by atoms with E-state index in [1.807, 2.05) is 0 Å². The van der Waals surface area contributed by atoms with E-state index in [0.717, 1.165) is 7.11 Å². The summed E-state index contributed by atoms with van der Waals surface area (Å²) >= 11 is 0. The lowest BCUT2D eigenvalue weighted by molar-refractivity contribution is -0.165. The van der Waals surface area contributed by atoms with E-state index in [1.54, 1.807) is 4.57 Å². The van der Waals surface area contributed by atoms with Crippen molar-refractivity contribution < 1.29 is 32.2 Å². The Kier molecular flexibility index (Phi) is 4.98. The van der Waals surface area contributed by atoms with Crippen LogP contribution >= 0.6 is 0 Å². The van der Waals surface area contributed by atoms with E-state index in [-0.39, 0.29) is 30.5 Å². The Morgan fingerprint density at radius 3 is 2.69 bits per heavy atom. The number of aromatic nitrogens is 1. The van der Waals surface area contributed by atoms with Crippen LogP contribution in [-0.2, 0) is 16.0 Å². The highest BCUT2D eigenvalue weighted by atomic mass is 19.4. The van der Waals surface area contributed by atoms with Crippen molar-refractivity contribution in [2.45, 2.75) is 31.2 Å². The summed E-state index contributed by atoms with van der Waals surface area (Å²) in [5.74, 6) is -0.949. The van der Waals surface area contributed by atoms with Gasteiger partial charge in [0, 0.05) is 19.3 Å². The molecule has 3 rings (SSSR count). The van der Waals surface area contributed by atoms with Gasteiger partial charge in [0.2, 0.25) is 5.43 Å². The quantitative estimate of drug-likeness (QED) is 0.742. The molecule has 2 atom stereocenters. The van der Waals surface area contributed by atoms with Crippen LogP contribution in [0.3, 0.4) is 0 Å². The molecular weight excluding hydrogens is 357 g/mol. The second-order valence-electron chi connectivity index (χ2n) is 6.27. The second-order valence-corrected chi connectivity index (χ2v) is 6.27. The van der Waals surface area contributed by atoms with Crippen molar-refractivity contribution >= 4 is 5.97 Å². The number of carbonyl (C=O) groups excluding carboxylic acids is 1. The maximum atomic E-state index is 13.0. The van der Waals surface area contributed by atoms with Gasteiger partial charge in [0.15, 0.2) is 5.75 Å². The third-order valence-electron chi connectivity index (χ3n) is 4.75. The van der Waals surface area contributed by atoms with Gasteiger partial charge >= 0.3 is 12.1 Å². The highest BCUT2D eigenvalue weighted by molar-refractivity contribution is 5.89. The maximum Gasteiger partial charge on any atom is 0.401 e. The number of alkyl halides is 3. The zero-order chi connectivity index (χ0) is 19.1. The summed E-state index contributed by atoms with van der Waals surface area (Å²) in [6.07, 6.45) is -2.57. The number of nitrogens with zero attached hydrogens (tertiary/aromatic N) is 2. The highest BCUT2D eigenvalue weighted by Crippen LogP contribution is 2.37. The molecule has 26 heavy (non-hydrogen) atoms. The summed E-state index contributed by atoms with van der Waals surface area (Å²) in [7, 11) is 2.41. The molecule has 2 aliphatic heterocycles. The fraction of sp³-hybridized carbons (Fsp3) is 0.625. The van der Waals surface area contributed by atoms with E-state index < -0.39 is 30.2 Å². The molecule has 0 radical (unpaired) electrons. The van der Waals surface area contributed by atoms with Gasteiger partial charge in [0.1, 0.15) is 5.56 Å². The molecule has 0 unspecified atom stereocenters. The van der Waals surface area contributed by atoms with Crippen molar-refractivity contribution in [2.75, 3.05) is 34.0 Å². The van der Waals surface area contributed by atoms with Gasteiger partial charge in [-0.15, -0.1) is 0 Å². The van der Waals surface area contributed by atoms with E-state index in [4.69, 9.17) is 9.47 Å². The molecule has 0 N–H and O–H groups in total. The lowest BCUT2D eigenvalue weighted by Gasteiger charge is -2.46. The van der Waals surface area contributed by atoms with E-state index in [9.17, 15) is 22.8 Å². The van der Waals surface area contributed by atoms with E-state index >= 15 is 0 Å². The largest absolute Gasteiger partial charge is 0.491 e. The van der Waals surface area contributed by atoms with Crippen molar-refractivity contribution in [3.63, 3.8) is 0 Å². The predicted octanol–water partition coefficient (Wildman–Crippen LogP) is 1.35. The molecule has 0 spiro atoms. The number of hydrogen-bond acceptors (Lipinski definition) is 6. The molecule has 1 fully saturated rings. The molecule has 1 saturated heterocycles. The maximum absolute atomic E-state index is 13.0. The Bertz CT molecular complexity index is 761. The molecular formula is C16H19F3N2O5. The van der Waals surface area contributed by atoms with Gasteiger partial charge in [-0.25, -0.2) is 4.79 Å². The molecule has 144 valence electrons. The molecule has 0 aliphatic carbocycles. The Balaban J connectivity index is 2.14. The van der Waals surface area contributed by atoms with Crippen LogP contribution < -0.4 is 10.2 Å². The van der Waals surface area contributed by atoms with Crippen LogP contribution in [0.5, 0.6) is 5.75 Å². The Labute approximate surface area is 147 Å². The van der Waals surface area contributed by atoms with Crippen LogP contribution in [0.1, 0.15) is 28.5 Å². The Morgan fingerprint density at radius 2 is 2.08 bits per heavy atom. The van der Waals surface area contributed by atoms with Crippen LogP contribution in [0.2, 0.25) is 0 Å². The van der Waals surface area contributed by atoms with E-state index in [2.05, 4.69) is 4.74 Å². The zero-order valence-electron chi connectivity index (χ0n) is 14.3. The number of carbonyl (C=O) groups is 1. The summed E-state index contributed by atoms with van der Waals surface area (Å²) in [4.78, 5) is 25.7. The van der Waals surface area contributed by atoms with Gasteiger partial charge < -0.3 is 18.8 Å². The fourth-order valence-corrected chi connectivity index (χ4v) is 3.66. The molecule has 1 aromatic heterocycles. The number of halogens is 3. The lowest BCUT2D eigenvalue weighted by atomic mass is 9.96. The van der Waals surface area contributed by atoms with Gasteiger partial charge in [-0.1, -0.05) is 0 Å². The van der Waals surface area contributed by atoms with Crippen molar-refractivity contribution in [3.05, 3.63) is 27.7 Å². The zero-order valence-corrected chi connectivity index (χ0v) is 14.3. The first-order valence-electron chi connectivity index (χ1n) is 8.05. The van der Waals surface area contributed by atoms with Gasteiger partial charge in [-0.2, -0.15) is 13.2 Å². The molecule has 3 heterocycles. The Morgan fingerprint density at radius 1 is 1.35 bits per heavy atom. The first kappa shape index (κ1) is 18.7. The van der Waals surface area contributed by atoms with Crippen LogP contribution in [-0.4, -0.2) is 61.6 Å². The number of fused-ring (bicyclic) bond motifs is 3. The molecule has 0 aromatic carbocycles. The number of esters is 1. The number of rotatable bonds is 3. The van der Waals surface area contributed by atoms with E-state index in [0.29, 0.717) is 18.7 Å². The fourth-order valence-electron chi connectivity index (χ4n) is 3.66. The molecule has 1 aromatic rings. The lowest BCUT2D eigenvalue weighted by Crippen LogP contribution is -2.54. The van der Waals surface area contributed by atoms with Gasteiger partial charge in [-0.3, -0.25) is 9.69 Å². The average molecular weight is 376 g/mol. The molecule has 0 amide bonds. The summed E-state index contributed by atoms with van der Waals surface area (Å²) in [6, 6.07) is -0.886. The molecule has 0 bridgehead atoms. The first-order chi connectivity index (χ1) is 12.3. The van der Waals surface area contributed by atoms with Crippen molar-refractivity contribution in [3.8, 4) is 5.75 Å². The van der Waals surface area contributed by atoms with Crippen LogP contribution in [0, 0.1) is 0 Å². The average Bonchev–Trinajstić information content (AvgIpc) is 2.59. The predicted molar refractivity (Wildman–Crippen MR) is 83.3 cm³/mol. The SMILES string of the molecule is COC(=O)c1cn2c(c(OC)c1=O)CN(CC(F)(F)F)[C@@H]1COCC[C@@H]12. The minimum Gasteiger partial charge on any atom is -0.491 e. The third kappa shape index (κ3) is 3.30. The monoisotopic (exact) mass is 376 g/mol. The van der Waals surface area contributed by atoms with Crippen LogP contribution in [0.4, 0.5) is 13.2 Å². The summed E-state index contributed by atoms with van der Waals surface area (Å²) in [5, 5.41) is 0. The number of hydrogen-bond donors (Lipinski definition) is 0. The molecule has 7 nitrogen and oxygen atoms in total. The highest BCUT2D eigenvalue weighted by Gasteiger charge is 2.43. The van der Waals surface area contributed by atoms with Crippen molar-refractivity contribution in [2.24, 2.45) is 0 Å². The standard InChI is InChI=1S/C16H19F3N2O5/c1-24-14-11-6-20(8-16(17,18)19)12-7-26-4-3-10(12)21(11)5-9(13(14)22)15(23)25-2/h5,10,12H,3-4,6-8H2,1-2H3/t10-,12+/m0/s1. The number of ether oxygens (including phenoxy) is 3. The summed E-state index contributed by atoms with van der Waals surface area (Å²) in [5.41, 5.74) is -0.580. The Hall–Kier alpha value is -2.07. The topological polar surface area (TPSA) is 70.0 Å². The minimum absolute atomic E-state index is 0.134. The minimum atomic E-state index is -4.39. The molecule has 10 heteroatoms. The smallest absolute Gasteiger partial charge is 0.401 e. The normalized spacial score (nSPS) is 23.1. The second kappa shape index (κ2) is 6.92. The third-order valence-corrected chi connectivity index (χ3v) is 4.75. The summed E-state index contributed by atoms with van der Waals surface area (Å²) in [6.45, 7) is -0.734. The van der Waals surface area contributed by atoms with Crippen LogP contribution in [0.15, 0.2) is 11.0 Å². The number of methoxy groups -OCH3 is 2. The van der Waals surface area contributed by atoms with Gasteiger partial charge in [-0.05, 0) is 6.42 Å². The van der Waals surface area contributed by atoms with Crippen molar-refractivity contribution in [1.82, 2.24) is 9.47 Å². The van der Waals surface area contributed by atoms with Gasteiger partial charge in [0.25, 0.3) is 0 Å². The van der Waals surface area contributed by atoms with Gasteiger partial charge in [0.05, 0.1) is 45.1 Å². The van der Waals surface area contributed by atoms with Crippen LogP contribution in [0.25, 0.3) is 0 Å². The number of pyridine rings is 1.